The molecule has 2 aromatic heterocycles. The van der Waals surface area contributed by atoms with Crippen LogP contribution in [0.2, 0.25) is 0 Å². The Hall–Kier alpha value is -4.01. The van der Waals surface area contributed by atoms with Gasteiger partial charge in [0.15, 0.2) is 17.3 Å². The molecule has 1 N–H and O–H groups in total. The summed E-state index contributed by atoms with van der Waals surface area (Å²) in [5, 5.41) is 10.7. The number of halogens is 2. The maximum atomic E-state index is 13.8. The number of carbonyl (C=O) groups excluding carboxylic acids is 1. The number of aryl methyl sites for hydroxylation is 1. The Bertz CT molecular complexity index is 1200. The molecule has 158 valence electrons. The maximum absolute atomic E-state index is 13.8. The van der Waals surface area contributed by atoms with E-state index in [2.05, 4.69) is 15.6 Å². The molecule has 9 heteroatoms. The molecule has 0 saturated carbocycles. The van der Waals surface area contributed by atoms with E-state index in [9.17, 15) is 13.6 Å². The van der Waals surface area contributed by atoms with Crippen LogP contribution in [0, 0.1) is 18.6 Å². The van der Waals surface area contributed by atoms with Gasteiger partial charge >= 0.3 is 0 Å². The van der Waals surface area contributed by atoms with Crippen LogP contribution in [0.1, 0.15) is 27.4 Å². The van der Waals surface area contributed by atoms with Crippen LogP contribution < -0.4 is 10.1 Å². The van der Waals surface area contributed by atoms with Crippen molar-refractivity contribution in [3.63, 3.8) is 0 Å². The van der Waals surface area contributed by atoms with Gasteiger partial charge < -0.3 is 14.6 Å². The molecule has 0 fully saturated rings. The molecule has 2 heterocycles. The molecular weight excluding hydrogens is 406 g/mol. The summed E-state index contributed by atoms with van der Waals surface area (Å²) in [4.78, 5) is 12.7. The lowest BCUT2D eigenvalue weighted by Crippen LogP contribution is -2.15. The van der Waals surface area contributed by atoms with E-state index in [1.807, 2.05) is 30.3 Å². The zero-order valence-corrected chi connectivity index (χ0v) is 16.5. The lowest BCUT2D eigenvalue weighted by atomic mass is 10.2. The molecule has 0 aliphatic carbocycles. The smallest absolute Gasteiger partial charge is 0.278 e. The summed E-state index contributed by atoms with van der Waals surface area (Å²) in [6.45, 7) is 2.00. The summed E-state index contributed by atoms with van der Waals surface area (Å²) < 4.78 is 39.0. The van der Waals surface area contributed by atoms with Crippen molar-refractivity contribution in [1.82, 2.24) is 14.9 Å². The van der Waals surface area contributed by atoms with E-state index < -0.39 is 17.5 Å². The standard InChI is InChI=1S/C22H18F2N4O3/c1-14-18(13-30-20-8-7-16(23)9-19(20)24)21(27-31-14)22(29)26-17-10-25-28(12-17)11-15-5-3-2-4-6-15/h2-10,12H,11,13H2,1H3,(H,26,29). The summed E-state index contributed by atoms with van der Waals surface area (Å²) in [6.07, 6.45) is 3.22. The molecule has 0 atom stereocenters. The van der Waals surface area contributed by atoms with Crippen LogP contribution in [-0.4, -0.2) is 20.8 Å². The van der Waals surface area contributed by atoms with E-state index in [-0.39, 0.29) is 18.1 Å². The second kappa shape index (κ2) is 8.78. The number of ether oxygens (including phenoxy) is 1. The third kappa shape index (κ3) is 4.77. The van der Waals surface area contributed by atoms with Gasteiger partial charge in [-0.15, -0.1) is 0 Å². The van der Waals surface area contributed by atoms with Gasteiger partial charge in [-0.1, -0.05) is 35.5 Å². The molecule has 0 spiro atoms. The van der Waals surface area contributed by atoms with Crippen LogP contribution in [0.15, 0.2) is 65.4 Å². The normalized spacial score (nSPS) is 10.8. The van der Waals surface area contributed by atoms with Gasteiger partial charge in [0.1, 0.15) is 18.2 Å². The predicted octanol–water partition coefficient (Wildman–Crippen LogP) is 4.34. The number of amides is 1. The Morgan fingerprint density at radius 2 is 2.00 bits per heavy atom. The summed E-state index contributed by atoms with van der Waals surface area (Å²) in [5.74, 6) is -1.86. The van der Waals surface area contributed by atoms with Crippen molar-refractivity contribution >= 4 is 11.6 Å². The quantitative estimate of drug-likeness (QED) is 0.477. The summed E-state index contributed by atoms with van der Waals surface area (Å²) in [5.41, 5.74) is 1.93. The van der Waals surface area contributed by atoms with Crippen LogP contribution in [0.3, 0.4) is 0 Å². The van der Waals surface area contributed by atoms with E-state index in [4.69, 9.17) is 9.26 Å². The fourth-order valence-corrected chi connectivity index (χ4v) is 2.96. The van der Waals surface area contributed by atoms with Gasteiger partial charge in [0.25, 0.3) is 5.91 Å². The molecule has 0 bridgehead atoms. The van der Waals surface area contributed by atoms with Crippen LogP contribution in [0.25, 0.3) is 0 Å². The minimum atomic E-state index is -0.842. The monoisotopic (exact) mass is 424 g/mol. The van der Waals surface area contributed by atoms with Gasteiger partial charge in [-0.05, 0) is 24.6 Å². The highest BCUT2D eigenvalue weighted by atomic mass is 19.1. The van der Waals surface area contributed by atoms with E-state index in [1.54, 1.807) is 17.8 Å². The highest BCUT2D eigenvalue weighted by molar-refractivity contribution is 6.03. The topological polar surface area (TPSA) is 82.2 Å². The summed E-state index contributed by atoms with van der Waals surface area (Å²) >= 11 is 0. The molecule has 0 saturated heterocycles. The fourth-order valence-electron chi connectivity index (χ4n) is 2.96. The first-order valence-corrected chi connectivity index (χ1v) is 9.40. The van der Waals surface area contributed by atoms with Crippen molar-refractivity contribution < 1.29 is 22.8 Å². The van der Waals surface area contributed by atoms with Crippen molar-refractivity contribution in [2.24, 2.45) is 0 Å². The van der Waals surface area contributed by atoms with E-state index >= 15 is 0 Å². The van der Waals surface area contributed by atoms with Crippen molar-refractivity contribution in [1.29, 1.82) is 0 Å². The summed E-state index contributed by atoms with van der Waals surface area (Å²) in [7, 11) is 0. The summed E-state index contributed by atoms with van der Waals surface area (Å²) in [6, 6.07) is 12.8. The fraction of sp³-hybridized carbons (Fsp3) is 0.136. The molecule has 31 heavy (non-hydrogen) atoms. The van der Waals surface area contributed by atoms with Crippen molar-refractivity contribution in [2.45, 2.75) is 20.1 Å². The van der Waals surface area contributed by atoms with Gasteiger partial charge in [0.2, 0.25) is 0 Å². The van der Waals surface area contributed by atoms with E-state index in [0.29, 0.717) is 23.6 Å². The zero-order chi connectivity index (χ0) is 21.8. The molecule has 2 aromatic carbocycles. The van der Waals surface area contributed by atoms with Gasteiger partial charge in [0, 0.05) is 12.3 Å². The van der Waals surface area contributed by atoms with Crippen LogP contribution >= 0.6 is 0 Å². The van der Waals surface area contributed by atoms with E-state index in [1.165, 1.54) is 12.3 Å². The van der Waals surface area contributed by atoms with E-state index in [0.717, 1.165) is 17.7 Å². The minimum Gasteiger partial charge on any atom is -0.486 e. The molecule has 4 aromatic rings. The number of carbonyl (C=O) groups is 1. The van der Waals surface area contributed by atoms with Crippen LogP contribution in [0.5, 0.6) is 5.75 Å². The van der Waals surface area contributed by atoms with Gasteiger partial charge in [-0.3, -0.25) is 9.48 Å². The molecule has 0 aliphatic rings. The first-order valence-electron chi connectivity index (χ1n) is 9.40. The first-order chi connectivity index (χ1) is 15.0. The molecular formula is C22H18F2N4O3. The zero-order valence-electron chi connectivity index (χ0n) is 16.5. The largest absolute Gasteiger partial charge is 0.486 e. The van der Waals surface area contributed by atoms with Gasteiger partial charge in [-0.2, -0.15) is 5.10 Å². The lowest BCUT2D eigenvalue weighted by Gasteiger charge is -2.07. The number of hydrogen-bond donors (Lipinski definition) is 1. The SMILES string of the molecule is Cc1onc(C(=O)Nc2cnn(Cc3ccccc3)c2)c1COc1ccc(F)cc1F. The highest BCUT2D eigenvalue weighted by Gasteiger charge is 2.21. The molecule has 1 amide bonds. The third-order valence-electron chi connectivity index (χ3n) is 4.54. The van der Waals surface area contributed by atoms with Crippen molar-refractivity contribution in [3.05, 3.63) is 95.1 Å². The van der Waals surface area contributed by atoms with Crippen LogP contribution in [0.4, 0.5) is 14.5 Å². The molecule has 7 nitrogen and oxygen atoms in total. The Morgan fingerprint density at radius 3 is 2.77 bits per heavy atom. The second-order valence-corrected chi connectivity index (χ2v) is 6.80. The Morgan fingerprint density at radius 1 is 1.19 bits per heavy atom. The number of aromatic nitrogens is 3. The number of anilines is 1. The lowest BCUT2D eigenvalue weighted by molar-refractivity contribution is 0.101. The Labute approximate surface area is 176 Å². The number of hydrogen-bond acceptors (Lipinski definition) is 5. The second-order valence-electron chi connectivity index (χ2n) is 6.80. The first kappa shape index (κ1) is 20.3. The minimum absolute atomic E-state index is 0.0100. The maximum Gasteiger partial charge on any atom is 0.278 e. The Kier molecular flexibility index (Phi) is 5.74. The van der Waals surface area contributed by atoms with Crippen LogP contribution in [-0.2, 0) is 13.2 Å². The molecule has 0 aliphatic heterocycles. The third-order valence-corrected chi connectivity index (χ3v) is 4.54. The average molecular weight is 424 g/mol. The number of benzene rings is 2. The molecule has 0 radical (unpaired) electrons. The van der Waals surface area contributed by atoms with Gasteiger partial charge in [-0.25, -0.2) is 8.78 Å². The number of rotatable bonds is 7. The van der Waals surface area contributed by atoms with Gasteiger partial charge in [0.05, 0.1) is 24.0 Å². The number of nitrogens with one attached hydrogen (secondary N) is 1. The Balaban J connectivity index is 1.43. The average Bonchev–Trinajstić information content (AvgIpc) is 3.34. The van der Waals surface area contributed by atoms with Crippen molar-refractivity contribution in [2.75, 3.05) is 5.32 Å². The highest BCUT2D eigenvalue weighted by Crippen LogP contribution is 2.22. The molecule has 0 unspecified atom stereocenters. The molecule has 4 rings (SSSR count). The predicted molar refractivity (Wildman–Crippen MR) is 108 cm³/mol. The number of nitrogens with zero attached hydrogens (tertiary/aromatic N) is 3. The van der Waals surface area contributed by atoms with Crippen molar-refractivity contribution in [3.8, 4) is 5.75 Å².